The number of nitrogens with zero attached hydrogens (tertiary/aromatic N) is 3. The van der Waals surface area contributed by atoms with Crippen LogP contribution in [0.2, 0.25) is 10.0 Å². The molecule has 2 unspecified atom stereocenters. The maximum absolute atomic E-state index is 13.4. The molecule has 2 aliphatic heterocycles. The van der Waals surface area contributed by atoms with Gasteiger partial charge in [-0.25, -0.2) is 0 Å². The fourth-order valence-electron chi connectivity index (χ4n) is 6.05. The first-order chi connectivity index (χ1) is 21.4. The number of benzene rings is 2. The number of hydrogen-bond donors (Lipinski definition) is 1. The first kappa shape index (κ1) is 32.6. The van der Waals surface area contributed by atoms with Crippen LogP contribution in [0.1, 0.15) is 32.3 Å². The number of rotatable bonds is 14. The number of fused-ring (bicyclic) bond motifs is 1. The number of ether oxygens (including phenoxy) is 2. The minimum Gasteiger partial charge on any atom is -0.494 e. The summed E-state index contributed by atoms with van der Waals surface area (Å²) in [6, 6.07) is 15.4. The van der Waals surface area contributed by atoms with Gasteiger partial charge in [0.15, 0.2) is 0 Å². The minimum absolute atomic E-state index is 0.0110. The highest BCUT2D eigenvalue weighted by Gasteiger charge is 2.39. The molecule has 9 heteroatoms. The number of piperazine rings is 1. The second-order valence-electron chi connectivity index (χ2n) is 11.9. The molecule has 1 amide bonds. The number of halogens is 2. The van der Waals surface area contributed by atoms with Gasteiger partial charge < -0.3 is 29.5 Å². The van der Waals surface area contributed by atoms with Crippen molar-refractivity contribution < 1.29 is 14.3 Å². The first-order valence-corrected chi connectivity index (χ1v) is 16.5. The van der Waals surface area contributed by atoms with Crippen molar-refractivity contribution >= 4 is 29.1 Å². The highest BCUT2D eigenvalue weighted by Crippen LogP contribution is 2.35. The van der Waals surface area contributed by atoms with Gasteiger partial charge in [0, 0.05) is 52.0 Å². The Hall–Kier alpha value is -2.81. The lowest BCUT2D eigenvalue weighted by Crippen LogP contribution is -2.47. The van der Waals surface area contributed by atoms with Gasteiger partial charge in [0.25, 0.3) is 5.91 Å². The Kier molecular flexibility index (Phi) is 11.8. The molecular formula is C35H44Cl2N4O3. The molecular weight excluding hydrogens is 595 g/mol. The molecule has 7 nitrogen and oxygen atoms in total. The van der Waals surface area contributed by atoms with Crippen molar-refractivity contribution in [3.05, 3.63) is 99.7 Å². The van der Waals surface area contributed by atoms with E-state index in [0.29, 0.717) is 22.2 Å². The van der Waals surface area contributed by atoms with E-state index in [1.807, 2.05) is 48.7 Å². The van der Waals surface area contributed by atoms with Crippen molar-refractivity contribution in [2.75, 3.05) is 52.4 Å². The van der Waals surface area contributed by atoms with Crippen molar-refractivity contribution in [1.82, 2.24) is 20.0 Å². The van der Waals surface area contributed by atoms with E-state index >= 15 is 0 Å². The summed E-state index contributed by atoms with van der Waals surface area (Å²) in [6.45, 7) is 12.5. The summed E-state index contributed by atoms with van der Waals surface area (Å²) >= 11 is 12.2. The Balaban J connectivity index is 1.11. The number of amides is 1. The molecule has 1 fully saturated rings. The lowest BCUT2D eigenvalue weighted by Gasteiger charge is -2.36. The highest BCUT2D eigenvalue weighted by atomic mass is 35.5. The van der Waals surface area contributed by atoms with E-state index in [0.717, 1.165) is 82.1 Å². The van der Waals surface area contributed by atoms with Gasteiger partial charge >= 0.3 is 0 Å². The molecule has 5 rings (SSSR count). The quantitative estimate of drug-likeness (QED) is 0.258. The van der Waals surface area contributed by atoms with Crippen LogP contribution in [-0.4, -0.2) is 91.3 Å². The summed E-state index contributed by atoms with van der Waals surface area (Å²) in [5, 5.41) is 4.05. The Morgan fingerprint density at radius 2 is 1.68 bits per heavy atom. The zero-order valence-electron chi connectivity index (χ0n) is 25.8. The van der Waals surface area contributed by atoms with Gasteiger partial charge in [-0.15, -0.1) is 0 Å². The number of para-hydroxylation sites is 1. The second kappa shape index (κ2) is 16.0. The standard InChI is InChI=1S/C35H44Cl2N4O3/c1-26(2)44-33-12-6-11-29-30(35(42)38-24-27-13-14-31(36)32(37)23-27)25-41(34(29)33)17-7-15-39-18-20-40(21-19-39)16-8-22-43-28-9-4-3-5-10-28/h3-6,9-14,23,25-26,33-34H,7-8,15-22,24H2,1-2H3,(H,38,42). The zero-order valence-corrected chi connectivity index (χ0v) is 27.3. The molecule has 2 heterocycles. The lowest BCUT2D eigenvalue weighted by molar-refractivity contribution is -0.117. The largest absolute Gasteiger partial charge is 0.494 e. The van der Waals surface area contributed by atoms with Crippen LogP contribution in [0.25, 0.3) is 0 Å². The van der Waals surface area contributed by atoms with Crippen LogP contribution >= 0.6 is 23.2 Å². The predicted octanol–water partition coefficient (Wildman–Crippen LogP) is 5.94. The topological polar surface area (TPSA) is 57.3 Å². The smallest absolute Gasteiger partial charge is 0.253 e. The molecule has 0 saturated carbocycles. The van der Waals surface area contributed by atoms with Gasteiger partial charge in [-0.3, -0.25) is 4.79 Å². The summed E-state index contributed by atoms with van der Waals surface area (Å²) in [5.74, 6) is 0.842. The Morgan fingerprint density at radius 1 is 0.955 bits per heavy atom. The van der Waals surface area contributed by atoms with E-state index in [1.54, 1.807) is 12.1 Å². The van der Waals surface area contributed by atoms with E-state index in [-0.39, 0.29) is 24.2 Å². The fraction of sp³-hybridized carbons (Fsp3) is 0.457. The maximum Gasteiger partial charge on any atom is 0.253 e. The van der Waals surface area contributed by atoms with Crippen molar-refractivity contribution in [3.8, 4) is 5.75 Å². The first-order valence-electron chi connectivity index (χ1n) is 15.7. The second-order valence-corrected chi connectivity index (χ2v) is 12.7. The SMILES string of the molecule is CC(C)OC1C=CC=C2C(C(=O)NCc3ccc(Cl)c(Cl)c3)=CN(CCCN3CCN(CCCOc4ccccc4)CC3)C21. The number of allylic oxidation sites excluding steroid dienone is 2. The molecule has 2 aromatic rings. The number of nitrogens with one attached hydrogen (secondary N) is 1. The molecule has 44 heavy (non-hydrogen) atoms. The molecule has 1 saturated heterocycles. The maximum atomic E-state index is 13.4. The Labute approximate surface area is 272 Å². The van der Waals surface area contributed by atoms with Crippen LogP contribution in [0.15, 0.2) is 84.1 Å². The Morgan fingerprint density at radius 3 is 2.39 bits per heavy atom. The summed E-state index contributed by atoms with van der Waals surface area (Å²) < 4.78 is 12.2. The van der Waals surface area contributed by atoms with Crippen LogP contribution < -0.4 is 10.1 Å². The molecule has 3 aliphatic rings. The summed E-state index contributed by atoms with van der Waals surface area (Å²) in [5.41, 5.74) is 2.61. The number of carbonyl (C=O) groups is 1. The third-order valence-corrected chi connectivity index (χ3v) is 9.01. The van der Waals surface area contributed by atoms with Crippen molar-refractivity contribution in [2.24, 2.45) is 0 Å². The number of hydrogen-bond acceptors (Lipinski definition) is 6. The highest BCUT2D eigenvalue weighted by molar-refractivity contribution is 6.42. The molecule has 0 bridgehead atoms. The fourth-order valence-corrected chi connectivity index (χ4v) is 6.37. The molecule has 2 atom stereocenters. The van der Waals surface area contributed by atoms with E-state index in [9.17, 15) is 4.79 Å². The normalized spacial score (nSPS) is 20.4. The van der Waals surface area contributed by atoms with E-state index in [2.05, 4.69) is 46.0 Å². The predicted molar refractivity (Wildman–Crippen MR) is 178 cm³/mol. The Bertz CT molecular complexity index is 1340. The monoisotopic (exact) mass is 638 g/mol. The van der Waals surface area contributed by atoms with Crippen molar-refractivity contribution in [3.63, 3.8) is 0 Å². The van der Waals surface area contributed by atoms with Gasteiger partial charge in [-0.05, 0) is 68.6 Å². The summed E-state index contributed by atoms with van der Waals surface area (Å²) in [7, 11) is 0. The lowest BCUT2D eigenvalue weighted by atomic mass is 9.92. The number of carbonyl (C=O) groups excluding carboxylic acids is 1. The molecule has 1 N–H and O–H groups in total. The molecule has 2 aromatic carbocycles. The average Bonchev–Trinajstić information content (AvgIpc) is 3.40. The third-order valence-electron chi connectivity index (χ3n) is 8.27. The van der Waals surface area contributed by atoms with Crippen LogP contribution in [0.4, 0.5) is 0 Å². The van der Waals surface area contributed by atoms with Crippen LogP contribution in [0.5, 0.6) is 5.75 Å². The molecule has 0 spiro atoms. The summed E-state index contributed by atoms with van der Waals surface area (Å²) in [6.07, 6.45) is 10.2. The molecule has 1 aliphatic carbocycles. The molecule has 0 radical (unpaired) electrons. The summed E-state index contributed by atoms with van der Waals surface area (Å²) in [4.78, 5) is 20.8. The molecule has 236 valence electrons. The zero-order chi connectivity index (χ0) is 30.9. The van der Waals surface area contributed by atoms with Crippen LogP contribution in [0.3, 0.4) is 0 Å². The van der Waals surface area contributed by atoms with Gasteiger partial charge in [-0.1, -0.05) is 65.7 Å². The van der Waals surface area contributed by atoms with Crippen molar-refractivity contribution in [2.45, 2.75) is 51.5 Å². The van der Waals surface area contributed by atoms with Gasteiger partial charge in [0.05, 0.1) is 34.4 Å². The van der Waals surface area contributed by atoms with Crippen LogP contribution in [0, 0.1) is 0 Å². The average molecular weight is 640 g/mol. The van der Waals surface area contributed by atoms with E-state index < -0.39 is 0 Å². The van der Waals surface area contributed by atoms with Gasteiger partial charge in [0.1, 0.15) is 11.9 Å². The third kappa shape index (κ3) is 8.89. The van der Waals surface area contributed by atoms with Gasteiger partial charge in [0.2, 0.25) is 0 Å². The van der Waals surface area contributed by atoms with E-state index in [1.165, 1.54) is 0 Å². The van der Waals surface area contributed by atoms with Gasteiger partial charge in [-0.2, -0.15) is 0 Å². The van der Waals surface area contributed by atoms with Crippen molar-refractivity contribution in [1.29, 1.82) is 0 Å². The minimum atomic E-state index is -0.110. The van der Waals surface area contributed by atoms with Crippen LogP contribution in [-0.2, 0) is 16.1 Å². The van der Waals surface area contributed by atoms with E-state index in [4.69, 9.17) is 32.7 Å². The molecule has 0 aromatic heterocycles.